The van der Waals surface area contributed by atoms with E-state index in [0.717, 1.165) is 29.0 Å². The first-order valence-corrected chi connectivity index (χ1v) is 8.28. The molecule has 6 heteroatoms. The summed E-state index contributed by atoms with van der Waals surface area (Å²) in [7, 11) is 0. The van der Waals surface area contributed by atoms with Crippen molar-refractivity contribution in [3.63, 3.8) is 0 Å². The van der Waals surface area contributed by atoms with Crippen molar-refractivity contribution >= 4 is 29.3 Å². The fraction of sp³-hybridized carbons (Fsp3) is 0.263. The molecule has 0 aliphatic carbocycles. The molecular weight excluding hydrogens is 336 g/mol. The normalized spacial score (nSPS) is 10.4. The minimum atomic E-state index is 0. The summed E-state index contributed by atoms with van der Waals surface area (Å²) in [5.74, 6) is 0.937. The molecule has 0 saturated carbocycles. The Morgan fingerprint density at radius 2 is 1.80 bits per heavy atom. The van der Waals surface area contributed by atoms with Crippen LogP contribution in [0.5, 0.6) is 0 Å². The molecular formula is C19H23ClN4O. The number of aryl methyl sites for hydroxylation is 1. The summed E-state index contributed by atoms with van der Waals surface area (Å²) in [6.07, 6.45) is 1.81. The van der Waals surface area contributed by atoms with Crippen LogP contribution in [-0.2, 0) is 11.2 Å². The third-order valence-corrected chi connectivity index (χ3v) is 3.92. The van der Waals surface area contributed by atoms with E-state index in [1.165, 1.54) is 0 Å². The SMILES string of the molecule is Cl.NCCCNC(=O)CCc1nc2ccccc2n1-c1ccccc1. The Morgan fingerprint density at radius 1 is 1.08 bits per heavy atom. The lowest BCUT2D eigenvalue weighted by Crippen LogP contribution is -2.26. The molecule has 25 heavy (non-hydrogen) atoms. The molecule has 0 bridgehead atoms. The summed E-state index contributed by atoms with van der Waals surface area (Å²) >= 11 is 0. The highest BCUT2D eigenvalue weighted by Crippen LogP contribution is 2.22. The molecule has 0 aliphatic rings. The fourth-order valence-corrected chi connectivity index (χ4v) is 2.75. The van der Waals surface area contributed by atoms with Crippen molar-refractivity contribution in [2.45, 2.75) is 19.3 Å². The monoisotopic (exact) mass is 358 g/mol. The first-order valence-electron chi connectivity index (χ1n) is 8.28. The number of nitrogens with one attached hydrogen (secondary N) is 1. The van der Waals surface area contributed by atoms with Crippen molar-refractivity contribution in [1.29, 1.82) is 0 Å². The predicted octanol–water partition coefficient (Wildman–Crippen LogP) is 2.84. The van der Waals surface area contributed by atoms with Gasteiger partial charge in [0.2, 0.25) is 5.91 Å². The predicted molar refractivity (Wildman–Crippen MR) is 103 cm³/mol. The molecule has 1 amide bonds. The number of imidazole rings is 1. The number of carbonyl (C=O) groups is 1. The minimum Gasteiger partial charge on any atom is -0.356 e. The molecule has 3 aromatic rings. The number of nitrogens with two attached hydrogens (primary N) is 1. The number of amides is 1. The van der Waals surface area contributed by atoms with Crippen LogP contribution in [0.4, 0.5) is 0 Å². The van der Waals surface area contributed by atoms with Crippen molar-refractivity contribution in [1.82, 2.24) is 14.9 Å². The Bertz CT molecular complexity index is 817. The zero-order valence-corrected chi connectivity index (χ0v) is 14.8. The van der Waals surface area contributed by atoms with Crippen LogP contribution in [0.15, 0.2) is 54.6 Å². The minimum absolute atomic E-state index is 0. The molecule has 0 fully saturated rings. The Hall–Kier alpha value is -2.37. The van der Waals surface area contributed by atoms with Gasteiger partial charge < -0.3 is 11.1 Å². The average Bonchev–Trinajstić information content (AvgIpc) is 2.99. The van der Waals surface area contributed by atoms with E-state index in [0.29, 0.717) is 25.9 Å². The van der Waals surface area contributed by atoms with Crippen molar-refractivity contribution in [2.24, 2.45) is 5.73 Å². The van der Waals surface area contributed by atoms with Gasteiger partial charge in [0.15, 0.2) is 0 Å². The smallest absolute Gasteiger partial charge is 0.220 e. The van der Waals surface area contributed by atoms with Gasteiger partial charge in [-0.15, -0.1) is 12.4 Å². The van der Waals surface area contributed by atoms with Gasteiger partial charge >= 0.3 is 0 Å². The Morgan fingerprint density at radius 3 is 2.56 bits per heavy atom. The first-order chi connectivity index (χ1) is 11.8. The van der Waals surface area contributed by atoms with Gasteiger partial charge in [0.05, 0.1) is 11.0 Å². The number of para-hydroxylation sites is 3. The van der Waals surface area contributed by atoms with Gasteiger partial charge in [-0.1, -0.05) is 30.3 Å². The molecule has 3 rings (SSSR count). The molecule has 0 aliphatic heterocycles. The lowest BCUT2D eigenvalue weighted by Gasteiger charge is -2.09. The van der Waals surface area contributed by atoms with Gasteiger partial charge in [-0.05, 0) is 37.2 Å². The van der Waals surface area contributed by atoms with Gasteiger partial charge in [0.1, 0.15) is 5.82 Å². The maximum absolute atomic E-state index is 12.0. The second-order valence-corrected chi connectivity index (χ2v) is 5.68. The summed E-state index contributed by atoms with van der Waals surface area (Å²) in [6.45, 7) is 1.22. The number of halogens is 1. The third-order valence-electron chi connectivity index (χ3n) is 3.92. The first kappa shape index (κ1) is 19.0. The van der Waals surface area contributed by atoms with Gasteiger partial charge in [-0.3, -0.25) is 9.36 Å². The maximum atomic E-state index is 12.0. The van der Waals surface area contributed by atoms with E-state index in [1.54, 1.807) is 0 Å². The van der Waals surface area contributed by atoms with Gasteiger partial charge in [-0.2, -0.15) is 0 Å². The molecule has 3 N–H and O–H groups in total. The fourth-order valence-electron chi connectivity index (χ4n) is 2.75. The summed E-state index contributed by atoms with van der Waals surface area (Å²) in [6, 6.07) is 18.2. The number of nitrogens with zero attached hydrogens (tertiary/aromatic N) is 2. The van der Waals surface area contributed by atoms with Gasteiger partial charge in [0.25, 0.3) is 0 Å². The van der Waals surface area contributed by atoms with Crippen LogP contribution in [0, 0.1) is 0 Å². The highest BCUT2D eigenvalue weighted by Gasteiger charge is 2.13. The topological polar surface area (TPSA) is 72.9 Å². The van der Waals surface area contributed by atoms with E-state index in [4.69, 9.17) is 10.7 Å². The highest BCUT2D eigenvalue weighted by molar-refractivity contribution is 5.85. The van der Waals surface area contributed by atoms with Gasteiger partial charge in [-0.25, -0.2) is 4.98 Å². The van der Waals surface area contributed by atoms with E-state index in [-0.39, 0.29) is 18.3 Å². The van der Waals surface area contributed by atoms with Crippen LogP contribution in [0.3, 0.4) is 0 Å². The van der Waals surface area contributed by atoms with Crippen LogP contribution >= 0.6 is 12.4 Å². The molecule has 1 heterocycles. The van der Waals surface area contributed by atoms with E-state index in [9.17, 15) is 4.79 Å². The molecule has 0 spiro atoms. The second-order valence-electron chi connectivity index (χ2n) is 5.68. The van der Waals surface area contributed by atoms with Crippen molar-refractivity contribution in [3.8, 4) is 5.69 Å². The molecule has 1 aromatic heterocycles. The molecule has 0 radical (unpaired) electrons. The van der Waals surface area contributed by atoms with Crippen LogP contribution in [0.25, 0.3) is 16.7 Å². The van der Waals surface area contributed by atoms with Crippen molar-refractivity contribution in [3.05, 3.63) is 60.4 Å². The Labute approximate surface area is 153 Å². The van der Waals surface area contributed by atoms with E-state index < -0.39 is 0 Å². The number of fused-ring (bicyclic) bond motifs is 1. The second kappa shape index (κ2) is 9.20. The summed E-state index contributed by atoms with van der Waals surface area (Å²) < 4.78 is 2.13. The Balaban J connectivity index is 0.00000225. The molecule has 0 saturated heterocycles. The van der Waals surface area contributed by atoms with Crippen LogP contribution in [0.2, 0.25) is 0 Å². The molecule has 0 unspecified atom stereocenters. The van der Waals surface area contributed by atoms with Crippen LogP contribution in [-0.4, -0.2) is 28.5 Å². The molecule has 0 atom stereocenters. The number of hydrogen-bond donors (Lipinski definition) is 2. The highest BCUT2D eigenvalue weighted by atomic mass is 35.5. The molecule has 132 valence electrons. The maximum Gasteiger partial charge on any atom is 0.220 e. The zero-order chi connectivity index (χ0) is 16.8. The number of carbonyl (C=O) groups excluding carboxylic acids is 1. The van der Waals surface area contributed by atoms with Crippen LogP contribution < -0.4 is 11.1 Å². The number of aromatic nitrogens is 2. The van der Waals surface area contributed by atoms with Crippen LogP contribution in [0.1, 0.15) is 18.7 Å². The van der Waals surface area contributed by atoms with Gasteiger partial charge in [0, 0.05) is 25.1 Å². The van der Waals surface area contributed by atoms with E-state index >= 15 is 0 Å². The molecule has 2 aromatic carbocycles. The number of hydrogen-bond acceptors (Lipinski definition) is 3. The van der Waals surface area contributed by atoms with E-state index in [2.05, 4.69) is 28.1 Å². The summed E-state index contributed by atoms with van der Waals surface area (Å²) in [5.41, 5.74) is 8.50. The zero-order valence-electron chi connectivity index (χ0n) is 14.0. The van der Waals surface area contributed by atoms with E-state index in [1.807, 2.05) is 36.4 Å². The third kappa shape index (κ3) is 4.59. The Kier molecular flexibility index (Phi) is 6.98. The number of rotatable bonds is 7. The largest absolute Gasteiger partial charge is 0.356 e. The van der Waals surface area contributed by atoms with Crippen molar-refractivity contribution < 1.29 is 4.79 Å². The lowest BCUT2D eigenvalue weighted by molar-refractivity contribution is -0.121. The van der Waals surface area contributed by atoms with Crippen molar-refractivity contribution in [2.75, 3.05) is 13.1 Å². The number of benzene rings is 2. The molecule has 5 nitrogen and oxygen atoms in total. The lowest BCUT2D eigenvalue weighted by atomic mass is 10.2. The summed E-state index contributed by atoms with van der Waals surface area (Å²) in [5, 5.41) is 2.89. The quantitative estimate of drug-likeness (QED) is 0.638. The summed E-state index contributed by atoms with van der Waals surface area (Å²) in [4.78, 5) is 16.7. The standard InChI is InChI=1S/C19H22N4O.ClH/c20-13-6-14-21-19(24)12-11-18-22-16-9-4-5-10-17(16)23(18)15-7-2-1-3-8-15;/h1-5,7-10H,6,11-14,20H2,(H,21,24);1H. The average molecular weight is 359 g/mol.